The van der Waals surface area contributed by atoms with Crippen LogP contribution in [0, 0.1) is 0 Å². The van der Waals surface area contributed by atoms with Crippen molar-refractivity contribution in [2.45, 2.75) is 24.2 Å². The quantitative estimate of drug-likeness (QED) is 0.764. The van der Waals surface area contributed by atoms with Crippen molar-refractivity contribution < 1.29 is 8.42 Å². The molecule has 1 aliphatic heterocycles. The van der Waals surface area contributed by atoms with Crippen LogP contribution in [0.25, 0.3) is 0 Å². The minimum Gasteiger partial charge on any atom is -0.211 e. The molecular weight excluding hydrogens is 198 g/mol. The standard InChI is InChI=1S/C10H13NO2S/c1-2-8-7-11-14(12,13)10-6-4-3-5-9(8)10/h3-6,8,11H,2,7H2,1H3. The van der Waals surface area contributed by atoms with Crippen LogP contribution >= 0.6 is 0 Å². The first kappa shape index (κ1) is 9.68. The Morgan fingerprint density at radius 2 is 2.14 bits per heavy atom. The predicted octanol–water partition coefficient (Wildman–Crippen LogP) is 1.47. The molecule has 1 N–H and O–H groups in total. The van der Waals surface area contributed by atoms with Gasteiger partial charge in [-0.25, -0.2) is 13.1 Å². The summed E-state index contributed by atoms with van der Waals surface area (Å²) in [4.78, 5) is 0.443. The van der Waals surface area contributed by atoms with Crippen molar-refractivity contribution in [3.8, 4) is 0 Å². The summed E-state index contributed by atoms with van der Waals surface area (Å²) in [6, 6.07) is 7.22. The number of hydrogen-bond acceptors (Lipinski definition) is 2. The number of nitrogens with one attached hydrogen (secondary N) is 1. The normalized spacial score (nSPS) is 24.2. The molecule has 1 aromatic rings. The van der Waals surface area contributed by atoms with Gasteiger partial charge in [0.05, 0.1) is 4.90 Å². The largest absolute Gasteiger partial charge is 0.240 e. The van der Waals surface area contributed by atoms with Crippen LogP contribution in [0.3, 0.4) is 0 Å². The Morgan fingerprint density at radius 1 is 1.43 bits per heavy atom. The molecule has 2 rings (SSSR count). The average molecular weight is 211 g/mol. The fourth-order valence-corrected chi connectivity index (χ4v) is 3.20. The Morgan fingerprint density at radius 3 is 2.86 bits per heavy atom. The minimum absolute atomic E-state index is 0.315. The van der Waals surface area contributed by atoms with Gasteiger partial charge in [0.1, 0.15) is 0 Å². The van der Waals surface area contributed by atoms with E-state index in [4.69, 9.17) is 0 Å². The van der Waals surface area contributed by atoms with Crippen LogP contribution < -0.4 is 4.72 Å². The topological polar surface area (TPSA) is 46.2 Å². The molecule has 3 nitrogen and oxygen atoms in total. The molecule has 0 aromatic heterocycles. The zero-order valence-electron chi connectivity index (χ0n) is 8.03. The number of hydrogen-bond donors (Lipinski definition) is 1. The van der Waals surface area contributed by atoms with E-state index in [2.05, 4.69) is 11.6 Å². The summed E-state index contributed by atoms with van der Waals surface area (Å²) in [5, 5.41) is 0. The van der Waals surface area contributed by atoms with E-state index in [0.29, 0.717) is 17.4 Å². The lowest BCUT2D eigenvalue weighted by Gasteiger charge is -2.24. The van der Waals surface area contributed by atoms with Gasteiger partial charge in [-0.3, -0.25) is 0 Å². The first-order valence-corrected chi connectivity index (χ1v) is 6.22. The maximum absolute atomic E-state index is 11.6. The molecule has 14 heavy (non-hydrogen) atoms. The lowest BCUT2D eigenvalue weighted by Crippen LogP contribution is -2.34. The molecule has 0 fully saturated rings. The molecule has 0 aliphatic carbocycles. The van der Waals surface area contributed by atoms with E-state index in [-0.39, 0.29) is 0 Å². The molecule has 1 heterocycles. The van der Waals surface area contributed by atoms with Crippen molar-refractivity contribution in [1.82, 2.24) is 4.72 Å². The van der Waals surface area contributed by atoms with E-state index in [1.807, 2.05) is 12.1 Å². The van der Waals surface area contributed by atoms with Gasteiger partial charge in [0.15, 0.2) is 0 Å². The fourth-order valence-electron chi connectivity index (χ4n) is 1.82. The molecule has 76 valence electrons. The third-order valence-electron chi connectivity index (χ3n) is 2.66. The van der Waals surface area contributed by atoms with Gasteiger partial charge in [0.2, 0.25) is 10.0 Å². The van der Waals surface area contributed by atoms with Crippen LogP contribution in [0.1, 0.15) is 24.8 Å². The van der Waals surface area contributed by atoms with Crippen molar-refractivity contribution in [2.24, 2.45) is 0 Å². The number of fused-ring (bicyclic) bond motifs is 1. The van der Waals surface area contributed by atoms with Crippen LogP contribution in [0.5, 0.6) is 0 Å². The summed E-state index contributed by atoms with van der Waals surface area (Å²) < 4.78 is 25.8. The highest BCUT2D eigenvalue weighted by molar-refractivity contribution is 7.89. The van der Waals surface area contributed by atoms with E-state index < -0.39 is 10.0 Å². The highest BCUT2D eigenvalue weighted by Crippen LogP contribution is 2.29. The zero-order valence-corrected chi connectivity index (χ0v) is 8.84. The van der Waals surface area contributed by atoms with Gasteiger partial charge in [-0.1, -0.05) is 25.1 Å². The number of benzene rings is 1. The third-order valence-corrected chi connectivity index (χ3v) is 4.16. The van der Waals surface area contributed by atoms with Gasteiger partial charge < -0.3 is 0 Å². The summed E-state index contributed by atoms with van der Waals surface area (Å²) in [5.74, 6) is 0.315. The molecule has 4 heteroatoms. The number of sulfonamides is 1. The van der Waals surface area contributed by atoms with Gasteiger partial charge >= 0.3 is 0 Å². The molecule has 1 unspecified atom stereocenters. The molecule has 0 radical (unpaired) electrons. The summed E-state index contributed by atoms with van der Waals surface area (Å²) in [7, 11) is -3.24. The molecule has 0 spiro atoms. The Balaban J connectivity index is 2.61. The van der Waals surface area contributed by atoms with E-state index in [1.54, 1.807) is 12.1 Å². The van der Waals surface area contributed by atoms with Crippen molar-refractivity contribution in [3.05, 3.63) is 29.8 Å². The van der Waals surface area contributed by atoms with E-state index >= 15 is 0 Å². The van der Waals surface area contributed by atoms with Crippen LogP contribution in [-0.2, 0) is 10.0 Å². The Labute approximate surface area is 84.2 Å². The summed E-state index contributed by atoms with van der Waals surface area (Å²) >= 11 is 0. The number of rotatable bonds is 1. The van der Waals surface area contributed by atoms with Crippen LogP contribution in [-0.4, -0.2) is 15.0 Å². The molecule has 0 saturated heterocycles. The van der Waals surface area contributed by atoms with Gasteiger partial charge in [-0.05, 0) is 24.0 Å². The van der Waals surface area contributed by atoms with Gasteiger partial charge in [-0.2, -0.15) is 0 Å². The second kappa shape index (κ2) is 3.37. The minimum atomic E-state index is -3.24. The first-order chi connectivity index (χ1) is 6.65. The summed E-state index contributed by atoms with van der Waals surface area (Å²) in [6.45, 7) is 2.59. The van der Waals surface area contributed by atoms with Crippen LogP contribution in [0.15, 0.2) is 29.2 Å². The molecule has 1 aromatic carbocycles. The molecule has 0 bridgehead atoms. The van der Waals surface area contributed by atoms with Gasteiger partial charge in [0.25, 0.3) is 0 Å². The SMILES string of the molecule is CCC1CNS(=O)(=O)c2ccccc21. The van der Waals surface area contributed by atoms with Crippen LogP contribution in [0.2, 0.25) is 0 Å². The van der Waals surface area contributed by atoms with Crippen molar-refractivity contribution in [2.75, 3.05) is 6.54 Å². The van der Waals surface area contributed by atoms with E-state index in [0.717, 1.165) is 12.0 Å². The highest BCUT2D eigenvalue weighted by atomic mass is 32.2. The Bertz CT molecular complexity index is 439. The second-order valence-electron chi connectivity index (χ2n) is 3.49. The van der Waals surface area contributed by atoms with E-state index in [1.165, 1.54) is 0 Å². The molecule has 0 amide bonds. The monoisotopic (exact) mass is 211 g/mol. The second-order valence-corrected chi connectivity index (χ2v) is 5.23. The summed E-state index contributed by atoms with van der Waals surface area (Å²) in [6.07, 6.45) is 0.958. The summed E-state index contributed by atoms with van der Waals surface area (Å²) in [5.41, 5.74) is 0.953. The smallest absolute Gasteiger partial charge is 0.211 e. The highest BCUT2D eigenvalue weighted by Gasteiger charge is 2.27. The molecular formula is C10H13NO2S. The average Bonchev–Trinajstić information content (AvgIpc) is 2.18. The maximum atomic E-state index is 11.6. The van der Waals surface area contributed by atoms with Gasteiger partial charge in [0, 0.05) is 6.54 Å². The molecule has 1 aliphatic rings. The van der Waals surface area contributed by atoms with Gasteiger partial charge in [-0.15, -0.1) is 0 Å². The molecule has 1 atom stereocenters. The fraction of sp³-hybridized carbons (Fsp3) is 0.400. The molecule has 0 saturated carbocycles. The Hall–Kier alpha value is -0.870. The maximum Gasteiger partial charge on any atom is 0.240 e. The van der Waals surface area contributed by atoms with Crippen molar-refractivity contribution >= 4 is 10.0 Å². The predicted molar refractivity (Wildman–Crippen MR) is 54.7 cm³/mol. The Kier molecular flexibility index (Phi) is 2.33. The lowest BCUT2D eigenvalue weighted by molar-refractivity contribution is 0.544. The van der Waals surface area contributed by atoms with Crippen molar-refractivity contribution in [1.29, 1.82) is 0 Å². The van der Waals surface area contributed by atoms with E-state index in [9.17, 15) is 8.42 Å². The first-order valence-electron chi connectivity index (χ1n) is 4.73. The zero-order chi connectivity index (χ0) is 10.2. The third kappa shape index (κ3) is 1.44. The van der Waals surface area contributed by atoms with Crippen molar-refractivity contribution in [3.63, 3.8) is 0 Å². The van der Waals surface area contributed by atoms with Crippen LogP contribution in [0.4, 0.5) is 0 Å². The lowest BCUT2D eigenvalue weighted by atomic mass is 9.96.